The molecule has 0 unspecified atom stereocenters. The van der Waals surface area contributed by atoms with E-state index < -0.39 is 10.0 Å². The van der Waals surface area contributed by atoms with Gasteiger partial charge in [0.05, 0.1) is 10.6 Å². The quantitative estimate of drug-likeness (QED) is 0.798. The Kier molecular flexibility index (Phi) is 4.02. The molecule has 1 amide bonds. The molecule has 0 N–H and O–H groups in total. The van der Waals surface area contributed by atoms with Gasteiger partial charge in [0.25, 0.3) is 10.0 Å². The van der Waals surface area contributed by atoms with Crippen molar-refractivity contribution in [1.82, 2.24) is 0 Å². The first-order chi connectivity index (χ1) is 13.5. The zero-order valence-electron chi connectivity index (χ0n) is 16.0. The van der Waals surface area contributed by atoms with E-state index in [2.05, 4.69) is 0 Å². The van der Waals surface area contributed by atoms with Crippen LogP contribution < -0.4 is 9.21 Å². The van der Waals surface area contributed by atoms with Crippen LogP contribution in [0.2, 0.25) is 0 Å². The molecule has 6 heteroatoms. The number of rotatable bonds is 3. The van der Waals surface area contributed by atoms with Crippen molar-refractivity contribution >= 4 is 27.3 Å². The molecule has 146 valence electrons. The van der Waals surface area contributed by atoms with E-state index in [9.17, 15) is 13.2 Å². The lowest BCUT2D eigenvalue weighted by molar-refractivity contribution is -0.125. The van der Waals surface area contributed by atoms with Crippen LogP contribution in [0.25, 0.3) is 0 Å². The number of carbonyl (C=O) groups is 1. The van der Waals surface area contributed by atoms with Crippen molar-refractivity contribution in [2.45, 2.75) is 50.0 Å². The summed E-state index contributed by atoms with van der Waals surface area (Å²) in [6.45, 7) is 2.52. The SMILES string of the molecule is C[C@H]1Cc2cc(S(=O)(=O)N3CCc4ccccc43)ccc2N1C(=O)C1CCC1. The molecule has 1 saturated carbocycles. The van der Waals surface area contributed by atoms with Gasteiger partial charge in [0, 0.05) is 24.2 Å². The first-order valence-electron chi connectivity index (χ1n) is 10.0. The molecule has 1 atom stereocenters. The highest BCUT2D eigenvalue weighted by Gasteiger charge is 2.38. The van der Waals surface area contributed by atoms with E-state index in [1.54, 1.807) is 12.1 Å². The highest BCUT2D eigenvalue weighted by Crippen LogP contribution is 2.39. The summed E-state index contributed by atoms with van der Waals surface area (Å²) in [6, 6.07) is 13.0. The minimum absolute atomic E-state index is 0.0774. The van der Waals surface area contributed by atoms with Gasteiger partial charge >= 0.3 is 0 Å². The average molecular weight is 397 g/mol. The van der Waals surface area contributed by atoms with Crippen molar-refractivity contribution in [3.63, 3.8) is 0 Å². The van der Waals surface area contributed by atoms with E-state index in [1.807, 2.05) is 42.2 Å². The molecule has 5 nitrogen and oxygen atoms in total. The Morgan fingerprint density at radius 2 is 1.82 bits per heavy atom. The van der Waals surface area contributed by atoms with Gasteiger partial charge < -0.3 is 4.90 Å². The van der Waals surface area contributed by atoms with Gasteiger partial charge in [-0.2, -0.15) is 0 Å². The molecule has 0 radical (unpaired) electrons. The predicted octanol–water partition coefficient (Wildman–Crippen LogP) is 3.52. The van der Waals surface area contributed by atoms with Gasteiger partial charge in [-0.05, 0) is 68.0 Å². The van der Waals surface area contributed by atoms with E-state index >= 15 is 0 Å². The first kappa shape index (κ1) is 17.7. The number of fused-ring (bicyclic) bond motifs is 2. The minimum atomic E-state index is -3.61. The average Bonchev–Trinajstić information content (AvgIpc) is 3.19. The van der Waals surface area contributed by atoms with Gasteiger partial charge in [-0.15, -0.1) is 0 Å². The maximum Gasteiger partial charge on any atom is 0.264 e. The fourth-order valence-electron chi connectivity index (χ4n) is 4.64. The predicted molar refractivity (Wildman–Crippen MR) is 109 cm³/mol. The molecule has 2 aromatic carbocycles. The molecule has 28 heavy (non-hydrogen) atoms. The fourth-order valence-corrected chi connectivity index (χ4v) is 6.19. The molecule has 1 aliphatic carbocycles. The van der Waals surface area contributed by atoms with Gasteiger partial charge in [0.15, 0.2) is 0 Å². The second kappa shape index (κ2) is 6.34. The maximum atomic E-state index is 13.3. The van der Waals surface area contributed by atoms with Gasteiger partial charge in [0.2, 0.25) is 5.91 Å². The summed E-state index contributed by atoms with van der Waals surface area (Å²) in [4.78, 5) is 15.0. The summed E-state index contributed by atoms with van der Waals surface area (Å²) in [7, 11) is -3.61. The number of benzene rings is 2. The second-order valence-corrected chi connectivity index (χ2v) is 10.00. The zero-order valence-corrected chi connectivity index (χ0v) is 16.8. The minimum Gasteiger partial charge on any atom is -0.309 e. The number of hydrogen-bond donors (Lipinski definition) is 0. The van der Waals surface area contributed by atoms with Crippen LogP contribution in [0.15, 0.2) is 47.4 Å². The van der Waals surface area contributed by atoms with Gasteiger partial charge in [0.1, 0.15) is 0 Å². The molecule has 0 bridgehead atoms. The van der Waals surface area contributed by atoms with Crippen LogP contribution in [-0.4, -0.2) is 26.9 Å². The lowest BCUT2D eigenvalue weighted by Gasteiger charge is -2.32. The molecule has 3 aliphatic rings. The number of carbonyl (C=O) groups excluding carboxylic acids is 1. The number of anilines is 2. The Morgan fingerprint density at radius 3 is 2.57 bits per heavy atom. The maximum absolute atomic E-state index is 13.3. The summed E-state index contributed by atoms with van der Waals surface area (Å²) in [5.41, 5.74) is 3.68. The van der Waals surface area contributed by atoms with Crippen molar-refractivity contribution in [2.75, 3.05) is 15.7 Å². The summed E-state index contributed by atoms with van der Waals surface area (Å²) < 4.78 is 28.1. The van der Waals surface area contributed by atoms with Crippen molar-refractivity contribution in [2.24, 2.45) is 5.92 Å². The number of amides is 1. The Hall–Kier alpha value is -2.34. The lowest BCUT2D eigenvalue weighted by Crippen LogP contribution is -2.42. The van der Waals surface area contributed by atoms with Crippen molar-refractivity contribution < 1.29 is 13.2 Å². The van der Waals surface area contributed by atoms with Crippen molar-refractivity contribution in [3.05, 3.63) is 53.6 Å². The number of sulfonamides is 1. The normalized spacial score (nSPS) is 21.4. The van der Waals surface area contributed by atoms with Crippen molar-refractivity contribution in [3.8, 4) is 0 Å². The van der Waals surface area contributed by atoms with Crippen LogP contribution in [0.1, 0.15) is 37.3 Å². The molecule has 2 aromatic rings. The summed E-state index contributed by atoms with van der Waals surface area (Å²) in [6.07, 6.45) is 4.51. The van der Waals surface area contributed by atoms with E-state index in [-0.39, 0.29) is 17.9 Å². The molecular formula is C22H24N2O3S. The Labute approximate surface area is 166 Å². The Bertz CT molecular complexity index is 1060. The molecule has 2 heterocycles. The Balaban J connectivity index is 1.49. The van der Waals surface area contributed by atoms with Crippen LogP contribution >= 0.6 is 0 Å². The van der Waals surface area contributed by atoms with E-state index in [0.717, 1.165) is 48.2 Å². The fraction of sp³-hybridized carbons (Fsp3) is 0.409. The van der Waals surface area contributed by atoms with Crippen molar-refractivity contribution in [1.29, 1.82) is 0 Å². The largest absolute Gasteiger partial charge is 0.309 e. The third-order valence-electron chi connectivity index (χ3n) is 6.39. The third kappa shape index (κ3) is 2.58. The van der Waals surface area contributed by atoms with E-state index in [4.69, 9.17) is 0 Å². The lowest BCUT2D eigenvalue weighted by atomic mass is 9.84. The van der Waals surface area contributed by atoms with Crippen LogP contribution in [-0.2, 0) is 27.7 Å². The first-order valence-corrected chi connectivity index (χ1v) is 11.5. The topological polar surface area (TPSA) is 57.7 Å². The molecule has 0 aromatic heterocycles. The van der Waals surface area contributed by atoms with Crippen LogP contribution in [0.4, 0.5) is 11.4 Å². The summed E-state index contributed by atoms with van der Waals surface area (Å²) in [5, 5.41) is 0. The van der Waals surface area contributed by atoms with E-state index in [1.165, 1.54) is 4.31 Å². The highest BCUT2D eigenvalue weighted by molar-refractivity contribution is 7.92. The number of para-hydroxylation sites is 1. The van der Waals surface area contributed by atoms with Gasteiger partial charge in [-0.3, -0.25) is 9.10 Å². The van der Waals surface area contributed by atoms with Crippen LogP contribution in [0.5, 0.6) is 0 Å². The standard InChI is InChI=1S/C22H24N2O3S/c1-15-13-18-14-19(9-10-21(18)24(15)22(25)17-6-4-7-17)28(26,27)23-12-11-16-5-2-3-8-20(16)23/h2-3,5,8-10,14-15,17H,4,6-7,11-13H2,1H3/t15-/m0/s1. The van der Waals surface area contributed by atoms with E-state index in [0.29, 0.717) is 17.9 Å². The number of nitrogens with zero attached hydrogens (tertiary/aromatic N) is 2. The van der Waals surface area contributed by atoms with Crippen LogP contribution in [0, 0.1) is 5.92 Å². The van der Waals surface area contributed by atoms with Gasteiger partial charge in [-0.1, -0.05) is 24.6 Å². The van der Waals surface area contributed by atoms with Gasteiger partial charge in [-0.25, -0.2) is 8.42 Å². The summed E-state index contributed by atoms with van der Waals surface area (Å²) in [5.74, 6) is 0.333. The second-order valence-electron chi connectivity index (χ2n) is 8.14. The zero-order chi connectivity index (χ0) is 19.5. The monoisotopic (exact) mass is 396 g/mol. The smallest absolute Gasteiger partial charge is 0.264 e. The highest BCUT2D eigenvalue weighted by atomic mass is 32.2. The molecule has 2 aliphatic heterocycles. The van der Waals surface area contributed by atoms with Crippen LogP contribution in [0.3, 0.4) is 0 Å². The molecule has 0 spiro atoms. The molecule has 0 saturated heterocycles. The molecule has 5 rings (SSSR count). The molecular weight excluding hydrogens is 372 g/mol. The summed E-state index contributed by atoms with van der Waals surface area (Å²) >= 11 is 0. The number of hydrogen-bond acceptors (Lipinski definition) is 3. The Morgan fingerprint density at radius 1 is 1.04 bits per heavy atom. The third-order valence-corrected chi connectivity index (χ3v) is 8.20. The molecule has 1 fully saturated rings.